The predicted molar refractivity (Wildman–Crippen MR) is 67.4 cm³/mol. The molecule has 0 aliphatic carbocycles. The molecule has 0 bridgehead atoms. The van der Waals surface area contributed by atoms with Gasteiger partial charge in [0.1, 0.15) is 6.04 Å². The molecular formula is C11H15N3O6. The van der Waals surface area contributed by atoms with E-state index in [1.54, 1.807) is 0 Å². The van der Waals surface area contributed by atoms with E-state index >= 15 is 0 Å². The van der Waals surface area contributed by atoms with Crippen molar-refractivity contribution in [2.45, 2.75) is 18.9 Å². The Morgan fingerprint density at radius 2 is 2.25 bits per heavy atom. The Hall–Kier alpha value is -2.42. The molecule has 110 valence electrons. The van der Waals surface area contributed by atoms with E-state index in [-0.39, 0.29) is 17.9 Å². The van der Waals surface area contributed by atoms with E-state index in [1.807, 2.05) is 0 Å². The first-order valence-corrected chi connectivity index (χ1v) is 5.81. The van der Waals surface area contributed by atoms with Crippen LogP contribution in [-0.4, -0.2) is 46.6 Å². The number of aliphatic carboxylic acids is 1. The van der Waals surface area contributed by atoms with Crippen molar-refractivity contribution in [2.75, 3.05) is 13.7 Å². The first-order valence-electron chi connectivity index (χ1n) is 5.81. The number of nitro groups is 1. The third kappa shape index (κ3) is 4.35. The van der Waals surface area contributed by atoms with Crippen LogP contribution in [0.5, 0.6) is 0 Å². The lowest BCUT2D eigenvalue weighted by molar-refractivity contribution is -0.389. The molecule has 9 heteroatoms. The van der Waals surface area contributed by atoms with E-state index in [4.69, 9.17) is 9.84 Å². The van der Waals surface area contributed by atoms with E-state index < -0.39 is 22.8 Å². The lowest BCUT2D eigenvalue weighted by Crippen LogP contribution is -2.41. The predicted octanol–water partition coefficient (Wildman–Crippen LogP) is 0.532. The highest BCUT2D eigenvalue weighted by atomic mass is 16.6. The van der Waals surface area contributed by atoms with Gasteiger partial charge in [0.15, 0.2) is 5.69 Å². The van der Waals surface area contributed by atoms with Crippen LogP contribution in [0.4, 0.5) is 5.82 Å². The molecule has 1 aromatic heterocycles. The number of ether oxygens (including phenoxy) is 1. The summed E-state index contributed by atoms with van der Waals surface area (Å²) >= 11 is 0. The van der Waals surface area contributed by atoms with Crippen LogP contribution in [0.3, 0.4) is 0 Å². The van der Waals surface area contributed by atoms with E-state index in [2.05, 4.69) is 10.3 Å². The molecule has 1 atom stereocenters. The van der Waals surface area contributed by atoms with Crippen LogP contribution in [0, 0.1) is 10.1 Å². The van der Waals surface area contributed by atoms with Gasteiger partial charge in [-0.25, -0.2) is 9.78 Å². The zero-order chi connectivity index (χ0) is 15.1. The van der Waals surface area contributed by atoms with Gasteiger partial charge >= 0.3 is 11.8 Å². The third-order valence-corrected chi connectivity index (χ3v) is 2.56. The normalized spacial score (nSPS) is 11.8. The summed E-state index contributed by atoms with van der Waals surface area (Å²) in [6, 6.07) is 1.29. The summed E-state index contributed by atoms with van der Waals surface area (Å²) in [4.78, 5) is 34.9. The number of amides is 1. The summed E-state index contributed by atoms with van der Waals surface area (Å²) in [7, 11) is 1.49. The van der Waals surface area contributed by atoms with Gasteiger partial charge in [-0.05, 0) is 23.8 Å². The molecule has 0 spiro atoms. The summed E-state index contributed by atoms with van der Waals surface area (Å²) in [5, 5.41) is 21.8. The highest BCUT2D eigenvalue weighted by Gasteiger charge is 2.23. The standard InChI is InChI=1S/C11H15N3O6/c1-20-6-2-3-8(11(16)17)13-10(15)7-4-5-9(12-7)14(18)19/h4-5,8,12H,2-3,6H2,1H3,(H,13,15)(H,16,17). The highest BCUT2D eigenvalue weighted by Crippen LogP contribution is 2.10. The maximum Gasteiger partial charge on any atom is 0.326 e. The van der Waals surface area contributed by atoms with Gasteiger partial charge in [0.25, 0.3) is 5.91 Å². The van der Waals surface area contributed by atoms with Crippen molar-refractivity contribution < 1.29 is 24.4 Å². The maximum atomic E-state index is 11.8. The van der Waals surface area contributed by atoms with Crippen molar-refractivity contribution in [3.8, 4) is 0 Å². The molecule has 1 heterocycles. The van der Waals surface area contributed by atoms with Crippen LogP contribution in [0.1, 0.15) is 23.3 Å². The second-order valence-electron chi connectivity index (χ2n) is 4.01. The summed E-state index contributed by atoms with van der Waals surface area (Å²) in [6.07, 6.45) is 0.677. The number of nitrogens with one attached hydrogen (secondary N) is 2. The SMILES string of the molecule is COCCCC(NC(=O)c1ccc([N+](=O)[O-])[nH]1)C(=O)O. The Balaban J connectivity index is 2.64. The second kappa shape index (κ2) is 7.24. The minimum Gasteiger partial charge on any atom is -0.480 e. The zero-order valence-corrected chi connectivity index (χ0v) is 10.8. The Kier molecular flexibility index (Phi) is 5.66. The van der Waals surface area contributed by atoms with Gasteiger partial charge in [-0.15, -0.1) is 0 Å². The van der Waals surface area contributed by atoms with Crippen molar-refractivity contribution in [2.24, 2.45) is 0 Å². The van der Waals surface area contributed by atoms with Gasteiger partial charge in [0, 0.05) is 19.8 Å². The Labute approximate surface area is 114 Å². The average Bonchev–Trinajstić information content (AvgIpc) is 2.87. The number of carboxylic acid groups (broad SMARTS) is 1. The number of carbonyl (C=O) groups excluding carboxylic acids is 1. The number of H-pyrrole nitrogens is 1. The second-order valence-corrected chi connectivity index (χ2v) is 4.01. The van der Waals surface area contributed by atoms with E-state index in [0.717, 1.165) is 6.07 Å². The number of carboxylic acids is 1. The van der Waals surface area contributed by atoms with Gasteiger partial charge in [-0.1, -0.05) is 0 Å². The Morgan fingerprint density at radius 3 is 2.75 bits per heavy atom. The van der Waals surface area contributed by atoms with Crippen LogP contribution in [0.15, 0.2) is 12.1 Å². The van der Waals surface area contributed by atoms with Crippen LogP contribution in [-0.2, 0) is 9.53 Å². The molecule has 0 aromatic carbocycles. The smallest absolute Gasteiger partial charge is 0.326 e. The van der Waals surface area contributed by atoms with Gasteiger partial charge in [0.05, 0.1) is 0 Å². The molecule has 1 rings (SSSR count). The third-order valence-electron chi connectivity index (χ3n) is 2.56. The lowest BCUT2D eigenvalue weighted by atomic mass is 10.1. The molecule has 9 nitrogen and oxygen atoms in total. The molecule has 1 amide bonds. The van der Waals surface area contributed by atoms with Gasteiger partial charge in [-0.3, -0.25) is 4.79 Å². The Morgan fingerprint density at radius 1 is 1.55 bits per heavy atom. The van der Waals surface area contributed by atoms with Crippen molar-refractivity contribution in [3.05, 3.63) is 27.9 Å². The summed E-state index contributed by atoms with van der Waals surface area (Å²) < 4.78 is 4.80. The first-order chi connectivity index (χ1) is 9.45. The molecule has 0 aliphatic heterocycles. The van der Waals surface area contributed by atoms with Crippen molar-refractivity contribution in [1.82, 2.24) is 10.3 Å². The van der Waals surface area contributed by atoms with Crippen molar-refractivity contribution >= 4 is 17.7 Å². The molecule has 0 saturated carbocycles. The summed E-state index contributed by atoms with van der Waals surface area (Å²) in [5.41, 5.74) is -0.0605. The first kappa shape index (κ1) is 15.6. The van der Waals surface area contributed by atoms with Gasteiger partial charge in [-0.2, -0.15) is 0 Å². The number of aromatic amines is 1. The number of hydrogen-bond acceptors (Lipinski definition) is 5. The fourth-order valence-corrected chi connectivity index (χ4v) is 1.55. The molecule has 20 heavy (non-hydrogen) atoms. The zero-order valence-electron chi connectivity index (χ0n) is 10.8. The van der Waals surface area contributed by atoms with Crippen LogP contribution < -0.4 is 5.32 Å². The van der Waals surface area contributed by atoms with Crippen LogP contribution in [0.2, 0.25) is 0 Å². The molecule has 0 fully saturated rings. The summed E-state index contributed by atoms with van der Waals surface area (Å²) in [5.74, 6) is -2.21. The average molecular weight is 285 g/mol. The fourth-order valence-electron chi connectivity index (χ4n) is 1.55. The number of carbonyl (C=O) groups is 2. The molecule has 0 saturated heterocycles. The number of aromatic nitrogens is 1. The summed E-state index contributed by atoms with van der Waals surface area (Å²) in [6.45, 7) is 0.383. The Bertz CT molecular complexity index is 498. The molecule has 1 unspecified atom stereocenters. The van der Waals surface area contributed by atoms with Crippen LogP contribution in [0.25, 0.3) is 0 Å². The maximum absolute atomic E-state index is 11.8. The molecule has 0 aliphatic rings. The van der Waals surface area contributed by atoms with Crippen LogP contribution >= 0.6 is 0 Å². The highest BCUT2D eigenvalue weighted by molar-refractivity contribution is 5.95. The lowest BCUT2D eigenvalue weighted by Gasteiger charge is -2.12. The van der Waals surface area contributed by atoms with Gasteiger partial charge in [0.2, 0.25) is 0 Å². The van der Waals surface area contributed by atoms with E-state index in [0.29, 0.717) is 13.0 Å². The number of methoxy groups -OCH3 is 1. The van der Waals surface area contributed by atoms with E-state index in [9.17, 15) is 19.7 Å². The number of rotatable bonds is 8. The topological polar surface area (TPSA) is 135 Å². The van der Waals surface area contributed by atoms with Crippen molar-refractivity contribution in [1.29, 1.82) is 0 Å². The van der Waals surface area contributed by atoms with Crippen molar-refractivity contribution in [3.63, 3.8) is 0 Å². The molecule has 0 radical (unpaired) electrons. The quantitative estimate of drug-likeness (QED) is 0.362. The fraction of sp³-hybridized carbons (Fsp3) is 0.455. The minimum atomic E-state index is -1.17. The number of nitrogens with zero attached hydrogens (tertiary/aromatic N) is 1. The molecule has 3 N–H and O–H groups in total. The van der Waals surface area contributed by atoms with Gasteiger partial charge < -0.3 is 25.3 Å². The molecule has 1 aromatic rings. The largest absolute Gasteiger partial charge is 0.480 e. The molecular weight excluding hydrogens is 270 g/mol. The van der Waals surface area contributed by atoms with E-state index in [1.165, 1.54) is 13.2 Å². The number of hydrogen-bond donors (Lipinski definition) is 3. The monoisotopic (exact) mass is 285 g/mol. The minimum absolute atomic E-state index is 0.0605.